The summed E-state index contributed by atoms with van der Waals surface area (Å²) in [5, 5.41) is 0. The first-order chi connectivity index (χ1) is 29.7. The quantitative estimate of drug-likeness (QED) is 0.130. The number of hydrogen-bond acceptors (Lipinski definition) is 8. The lowest BCUT2D eigenvalue weighted by atomic mass is 10.0. The van der Waals surface area contributed by atoms with Gasteiger partial charge in [-0.25, -0.2) is 0 Å². The molecule has 4 aromatic carbocycles. The van der Waals surface area contributed by atoms with E-state index in [2.05, 4.69) is 187 Å². The monoisotopic (exact) mass is 808 g/mol. The van der Waals surface area contributed by atoms with Crippen molar-refractivity contribution >= 4 is 56.8 Å². The summed E-state index contributed by atoms with van der Waals surface area (Å²) in [6, 6.07) is 60.1. The van der Waals surface area contributed by atoms with Crippen LogP contribution in [-0.2, 0) is 0 Å². The Kier molecular flexibility index (Phi) is 10.3. The highest BCUT2D eigenvalue weighted by Crippen LogP contribution is 2.41. The highest BCUT2D eigenvalue weighted by molar-refractivity contribution is 7.19. The minimum atomic E-state index is 0.993. The van der Waals surface area contributed by atoms with E-state index in [1.165, 1.54) is 41.8 Å². The molecule has 0 saturated heterocycles. The molecule has 10 rings (SSSR count). The molecule has 6 aromatic heterocycles. The van der Waals surface area contributed by atoms with Gasteiger partial charge < -0.3 is 9.80 Å². The van der Waals surface area contributed by atoms with Crippen LogP contribution in [0.5, 0.6) is 0 Å². The summed E-state index contributed by atoms with van der Waals surface area (Å²) < 4.78 is 0. The van der Waals surface area contributed by atoms with E-state index in [9.17, 15) is 0 Å². The van der Waals surface area contributed by atoms with Crippen molar-refractivity contribution < 1.29 is 0 Å². The van der Waals surface area contributed by atoms with Crippen LogP contribution in [0.25, 0.3) is 52.9 Å². The average molecular weight is 809 g/mol. The minimum Gasteiger partial charge on any atom is -0.309 e. The second kappa shape index (κ2) is 16.8. The zero-order valence-corrected chi connectivity index (χ0v) is 33.9. The van der Waals surface area contributed by atoms with Crippen molar-refractivity contribution in [2.24, 2.45) is 0 Å². The number of nitrogens with zero attached hydrogens (tertiary/aromatic N) is 6. The summed E-state index contributed by atoms with van der Waals surface area (Å²) in [5.41, 5.74) is 13.2. The van der Waals surface area contributed by atoms with E-state index in [0.29, 0.717) is 0 Å². The van der Waals surface area contributed by atoms with Crippen LogP contribution in [0.1, 0.15) is 0 Å². The van der Waals surface area contributed by atoms with Gasteiger partial charge in [-0.3, -0.25) is 19.9 Å². The molecule has 286 valence electrons. The van der Waals surface area contributed by atoms with Crippen LogP contribution in [0.15, 0.2) is 219 Å². The first-order valence-corrected chi connectivity index (χ1v) is 21.2. The van der Waals surface area contributed by atoms with Crippen molar-refractivity contribution in [1.29, 1.82) is 0 Å². The molecular formula is C52H36N6S2. The Morgan fingerprint density at radius 2 is 0.550 bits per heavy atom. The summed E-state index contributed by atoms with van der Waals surface area (Å²) in [6.45, 7) is 0. The molecule has 6 nitrogen and oxygen atoms in total. The molecule has 0 N–H and O–H groups in total. The lowest BCUT2D eigenvalue weighted by Crippen LogP contribution is -2.10. The third-order valence-corrected chi connectivity index (χ3v) is 12.7. The van der Waals surface area contributed by atoms with Crippen molar-refractivity contribution in [3.8, 4) is 52.9 Å². The summed E-state index contributed by atoms with van der Waals surface area (Å²) in [4.78, 5) is 26.7. The number of thiophene rings is 2. The van der Waals surface area contributed by atoms with Crippen molar-refractivity contribution in [3.63, 3.8) is 0 Å². The highest BCUT2D eigenvalue weighted by atomic mass is 32.1. The van der Waals surface area contributed by atoms with Crippen LogP contribution >= 0.6 is 22.7 Å². The molecule has 0 aliphatic rings. The smallest absolute Gasteiger partial charge is 0.0644 e. The lowest BCUT2D eigenvalue weighted by Gasteiger charge is -2.26. The molecule has 8 heteroatoms. The van der Waals surface area contributed by atoms with Gasteiger partial charge in [-0.05, 0) is 155 Å². The number of rotatable bonds is 11. The van der Waals surface area contributed by atoms with Crippen LogP contribution in [0.2, 0.25) is 0 Å². The SMILES string of the molecule is c1cncc(N(c2ccc(-c3ccc(N(c4ccc(-c5ccc(-c6ccncc6)s5)cc4)c4cccnc4)cc3)cc2)c2ccc(-c3ccc(-c4ccncc4)s3)cc2)c1. The molecule has 0 amide bonds. The number of aromatic nitrogens is 4. The molecule has 0 fully saturated rings. The second-order valence-corrected chi connectivity index (χ2v) is 16.2. The summed E-state index contributed by atoms with van der Waals surface area (Å²) in [5.74, 6) is 0. The average Bonchev–Trinajstić information content (AvgIpc) is 4.04. The van der Waals surface area contributed by atoms with E-state index < -0.39 is 0 Å². The molecule has 0 atom stereocenters. The first-order valence-electron chi connectivity index (χ1n) is 19.6. The molecule has 60 heavy (non-hydrogen) atoms. The standard InChI is InChI=1S/C52H36N6S2/c1-3-47(35-55-29-1)57(45-17-9-39(10-18-45)49-21-23-51(59-49)41-25-31-53-32-26-41)43-13-5-37(6-14-43)38-7-15-44(16-8-38)58(48-4-2-30-56-36-48)46-19-11-40(12-20-46)50-22-24-52(60-50)42-27-33-54-34-28-42/h1-36H. The number of benzene rings is 4. The Bertz CT molecular complexity index is 2730. The van der Waals surface area contributed by atoms with Crippen LogP contribution in [0.3, 0.4) is 0 Å². The van der Waals surface area contributed by atoms with Crippen molar-refractivity contribution in [2.75, 3.05) is 9.80 Å². The number of anilines is 6. The Morgan fingerprint density at radius 3 is 0.850 bits per heavy atom. The van der Waals surface area contributed by atoms with E-state index in [-0.39, 0.29) is 0 Å². The van der Waals surface area contributed by atoms with E-state index in [4.69, 9.17) is 0 Å². The van der Waals surface area contributed by atoms with Gasteiger partial charge >= 0.3 is 0 Å². The number of hydrogen-bond donors (Lipinski definition) is 0. The predicted molar refractivity (Wildman–Crippen MR) is 250 cm³/mol. The van der Waals surface area contributed by atoms with E-state index in [1.807, 2.05) is 61.7 Å². The zero-order valence-electron chi connectivity index (χ0n) is 32.3. The largest absolute Gasteiger partial charge is 0.309 e. The maximum atomic E-state index is 4.46. The number of pyridine rings is 4. The zero-order chi connectivity index (χ0) is 40.1. The van der Waals surface area contributed by atoms with Crippen LogP contribution in [-0.4, -0.2) is 19.9 Å². The fraction of sp³-hybridized carbons (Fsp3) is 0. The van der Waals surface area contributed by atoms with Gasteiger partial charge in [-0.15, -0.1) is 22.7 Å². The van der Waals surface area contributed by atoms with E-state index in [0.717, 1.165) is 45.3 Å². The lowest BCUT2D eigenvalue weighted by molar-refractivity contribution is 1.23. The minimum absolute atomic E-state index is 0.993. The summed E-state index contributed by atoms with van der Waals surface area (Å²) in [7, 11) is 0. The molecule has 10 aromatic rings. The topological polar surface area (TPSA) is 58.0 Å². The van der Waals surface area contributed by atoms with Gasteiger partial charge in [0.15, 0.2) is 0 Å². The summed E-state index contributed by atoms with van der Waals surface area (Å²) in [6.07, 6.45) is 14.8. The van der Waals surface area contributed by atoms with E-state index in [1.54, 1.807) is 22.7 Å². The van der Waals surface area contributed by atoms with Crippen molar-refractivity contribution in [2.45, 2.75) is 0 Å². The normalized spacial score (nSPS) is 11.0. The summed E-state index contributed by atoms with van der Waals surface area (Å²) >= 11 is 3.57. The van der Waals surface area contributed by atoms with Crippen LogP contribution in [0.4, 0.5) is 34.1 Å². The maximum absolute atomic E-state index is 4.46. The third kappa shape index (κ3) is 7.73. The molecule has 0 bridgehead atoms. The van der Waals surface area contributed by atoms with Gasteiger partial charge in [-0.2, -0.15) is 0 Å². The van der Waals surface area contributed by atoms with Gasteiger partial charge in [0.05, 0.1) is 23.8 Å². The fourth-order valence-corrected chi connectivity index (χ4v) is 9.38. The van der Waals surface area contributed by atoms with Gasteiger partial charge in [0, 0.05) is 79.4 Å². The Morgan fingerprint density at radius 1 is 0.250 bits per heavy atom. The molecule has 0 spiro atoms. The second-order valence-electron chi connectivity index (χ2n) is 14.1. The van der Waals surface area contributed by atoms with Gasteiger partial charge in [0.25, 0.3) is 0 Å². The molecule has 0 saturated carbocycles. The van der Waals surface area contributed by atoms with Gasteiger partial charge in [0.2, 0.25) is 0 Å². The van der Waals surface area contributed by atoms with Crippen LogP contribution in [0, 0.1) is 0 Å². The van der Waals surface area contributed by atoms with E-state index >= 15 is 0 Å². The highest BCUT2D eigenvalue weighted by Gasteiger charge is 2.16. The third-order valence-electron chi connectivity index (χ3n) is 10.4. The molecule has 0 radical (unpaired) electrons. The van der Waals surface area contributed by atoms with Crippen molar-refractivity contribution in [3.05, 3.63) is 219 Å². The van der Waals surface area contributed by atoms with Gasteiger partial charge in [-0.1, -0.05) is 48.5 Å². The Hall–Kier alpha value is -7.52. The molecule has 0 aliphatic carbocycles. The molecule has 0 aliphatic heterocycles. The molecular weight excluding hydrogens is 773 g/mol. The Labute approximate surface area is 357 Å². The Balaban J connectivity index is 0.899. The van der Waals surface area contributed by atoms with Gasteiger partial charge in [0.1, 0.15) is 0 Å². The molecule has 6 heterocycles. The molecule has 0 unspecified atom stereocenters. The fourth-order valence-electron chi connectivity index (χ4n) is 7.35. The maximum Gasteiger partial charge on any atom is 0.0644 e. The predicted octanol–water partition coefficient (Wildman–Crippen LogP) is 14.7. The van der Waals surface area contributed by atoms with Crippen LogP contribution < -0.4 is 9.80 Å². The van der Waals surface area contributed by atoms with Crippen molar-refractivity contribution in [1.82, 2.24) is 19.9 Å². The first kappa shape index (κ1) is 36.8.